The molecule has 0 aliphatic carbocycles. The van der Waals surface area contributed by atoms with Crippen LogP contribution in [0.2, 0.25) is 0 Å². The summed E-state index contributed by atoms with van der Waals surface area (Å²) in [7, 11) is 0. The largest absolute Gasteiger partial charge is 0.508 e. The molecule has 0 bridgehead atoms. The maximum Gasteiger partial charge on any atom is 0.115 e. The molecule has 200 valence electrons. The predicted molar refractivity (Wildman–Crippen MR) is 162 cm³/mol. The molecule has 0 heterocycles. The Morgan fingerprint density at radius 1 is 0.341 bits per heavy atom. The van der Waals surface area contributed by atoms with Crippen molar-refractivity contribution in [3.63, 3.8) is 0 Å². The normalized spacial score (nSPS) is 11.3. The van der Waals surface area contributed by atoms with E-state index in [0.29, 0.717) is 0 Å². The molecular formula is C37H28O4. The molecule has 0 aliphatic rings. The van der Waals surface area contributed by atoms with Gasteiger partial charge in [-0.05, 0) is 93.0 Å². The van der Waals surface area contributed by atoms with E-state index in [0.717, 1.165) is 44.5 Å². The van der Waals surface area contributed by atoms with E-state index in [1.807, 2.05) is 72.8 Å². The van der Waals surface area contributed by atoms with Crippen LogP contribution in [0.5, 0.6) is 23.0 Å². The maximum atomic E-state index is 10.3. The number of aromatic hydroxyl groups is 4. The molecule has 0 fully saturated rings. The van der Waals surface area contributed by atoms with E-state index in [1.165, 1.54) is 0 Å². The minimum Gasteiger partial charge on any atom is -0.508 e. The summed E-state index contributed by atoms with van der Waals surface area (Å²) in [6.07, 6.45) is 0. The third-order valence-electron chi connectivity index (χ3n) is 7.61. The van der Waals surface area contributed by atoms with Crippen LogP contribution in [0.4, 0.5) is 0 Å². The zero-order valence-corrected chi connectivity index (χ0v) is 22.1. The summed E-state index contributed by atoms with van der Waals surface area (Å²) in [6, 6.07) is 45.2. The molecule has 4 N–H and O–H groups in total. The standard InChI is InChI=1S/C37H28O4/c38-30-17-9-25(10-18-30)34-7-4-8-35(36(34)26-11-19-31(39)20-12-26)37(27-5-2-1-3-6-27,28-13-21-32(40)22-14-28)29-15-23-33(41)24-16-29/h1-24,38-41H. The molecule has 0 radical (unpaired) electrons. The average Bonchev–Trinajstić information content (AvgIpc) is 3.00. The molecule has 0 saturated carbocycles. The minimum absolute atomic E-state index is 0.165. The summed E-state index contributed by atoms with van der Waals surface area (Å²) >= 11 is 0. The molecule has 0 aliphatic heterocycles. The van der Waals surface area contributed by atoms with Gasteiger partial charge in [0.25, 0.3) is 0 Å². The zero-order valence-electron chi connectivity index (χ0n) is 22.1. The lowest BCUT2D eigenvalue weighted by atomic mass is 9.63. The monoisotopic (exact) mass is 536 g/mol. The van der Waals surface area contributed by atoms with Crippen molar-refractivity contribution in [1.29, 1.82) is 0 Å². The predicted octanol–water partition coefficient (Wildman–Crippen LogP) is 8.23. The molecular weight excluding hydrogens is 508 g/mol. The van der Waals surface area contributed by atoms with Crippen LogP contribution in [0, 0.1) is 0 Å². The van der Waals surface area contributed by atoms with E-state index in [9.17, 15) is 20.4 Å². The van der Waals surface area contributed by atoms with E-state index < -0.39 is 5.41 Å². The highest BCUT2D eigenvalue weighted by molar-refractivity contribution is 5.89. The van der Waals surface area contributed by atoms with Crippen molar-refractivity contribution < 1.29 is 20.4 Å². The molecule has 0 unspecified atom stereocenters. The van der Waals surface area contributed by atoms with Gasteiger partial charge < -0.3 is 20.4 Å². The quantitative estimate of drug-likeness (QED) is 0.162. The van der Waals surface area contributed by atoms with Crippen LogP contribution in [0.15, 0.2) is 146 Å². The van der Waals surface area contributed by atoms with Crippen LogP contribution in [-0.2, 0) is 5.41 Å². The Balaban J connectivity index is 1.80. The summed E-state index contributed by atoms with van der Waals surface area (Å²) < 4.78 is 0. The van der Waals surface area contributed by atoms with Crippen molar-refractivity contribution in [3.8, 4) is 45.3 Å². The lowest BCUT2D eigenvalue weighted by Gasteiger charge is -2.39. The summed E-state index contributed by atoms with van der Waals surface area (Å²) in [5.41, 5.74) is 6.67. The Kier molecular flexibility index (Phi) is 6.66. The topological polar surface area (TPSA) is 80.9 Å². The van der Waals surface area contributed by atoms with Crippen LogP contribution in [0.25, 0.3) is 22.3 Å². The van der Waals surface area contributed by atoms with E-state index >= 15 is 0 Å². The molecule has 0 amide bonds. The van der Waals surface area contributed by atoms with Crippen LogP contribution in [0.3, 0.4) is 0 Å². The van der Waals surface area contributed by atoms with Crippen molar-refractivity contribution in [2.45, 2.75) is 5.41 Å². The zero-order chi connectivity index (χ0) is 28.4. The number of phenols is 4. The number of benzene rings is 6. The van der Waals surface area contributed by atoms with Gasteiger partial charge in [-0.15, -0.1) is 0 Å². The summed E-state index contributed by atoms with van der Waals surface area (Å²) in [6.45, 7) is 0. The van der Waals surface area contributed by atoms with Gasteiger partial charge in [0, 0.05) is 0 Å². The Labute approximate surface area is 238 Å². The van der Waals surface area contributed by atoms with Crippen molar-refractivity contribution in [2.24, 2.45) is 0 Å². The van der Waals surface area contributed by atoms with Crippen molar-refractivity contribution >= 4 is 0 Å². The number of phenolic OH excluding ortho intramolecular Hbond substituents is 4. The minimum atomic E-state index is -0.872. The van der Waals surface area contributed by atoms with Gasteiger partial charge in [0.2, 0.25) is 0 Å². The summed E-state index contributed by atoms with van der Waals surface area (Å²) in [5, 5.41) is 40.7. The average molecular weight is 537 g/mol. The second kappa shape index (κ2) is 10.6. The number of rotatable bonds is 6. The molecule has 6 aromatic rings. The van der Waals surface area contributed by atoms with Crippen molar-refractivity contribution in [3.05, 3.63) is 168 Å². The van der Waals surface area contributed by atoms with Gasteiger partial charge in [-0.25, -0.2) is 0 Å². The van der Waals surface area contributed by atoms with Crippen LogP contribution in [0.1, 0.15) is 22.3 Å². The molecule has 0 aromatic heterocycles. The smallest absolute Gasteiger partial charge is 0.115 e. The molecule has 4 nitrogen and oxygen atoms in total. The highest BCUT2D eigenvalue weighted by Gasteiger charge is 2.40. The Morgan fingerprint density at radius 2 is 0.756 bits per heavy atom. The molecule has 6 rings (SSSR count). The van der Waals surface area contributed by atoms with Gasteiger partial charge in [0.1, 0.15) is 23.0 Å². The van der Waals surface area contributed by atoms with E-state index in [-0.39, 0.29) is 23.0 Å². The Morgan fingerprint density at radius 3 is 1.24 bits per heavy atom. The Hall–Kier alpha value is -5.48. The lowest BCUT2D eigenvalue weighted by Crippen LogP contribution is -2.31. The Bertz CT molecular complexity index is 1730. The summed E-state index contributed by atoms with van der Waals surface area (Å²) in [4.78, 5) is 0. The fourth-order valence-corrected chi connectivity index (χ4v) is 5.76. The van der Waals surface area contributed by atoms with Crippen molar-refractivity contribution in [2.75, 3.05) is 0 Å². The number of hydrogen-bond donors (Lipinski definition) is 4. The third kappa shape index (κ3) is 4.66. The van der Waals surface area contributed by atoms with Crippen molar-refractivity contribution in [1.82, 2.24) is 0 Å². The second-order valence-electron chi connectivity index (χ2n) is 10.0. The summed E-state index contributed by atoms with van der Waals surface area (Å²) in [5.74, 6) is 0.683. The van der Waals surface area contributed by atoms with Gasteiger partial charge in [-0.3, -0.25) is 0 Å². The second-order valence-corrected chi connectivity index (χ2v) is 10.0. The first-order chi connectivity index (χ1) is 20.0. The van der Waals surface area contributed by atoms with E-state index in [2.05, 4.69) is 24.3 Å². The third-order valence-corrected chi connectivity index (χ3v) is 7.61. The molecule has 41 heavy (non-hydrogen) atoms. The molecule has 0 atom stereocenters. The first-order valence-electron chi connectivity index (χ1n) is 13.3. The first-order valence-corrected chi connectivity index (χ1v) is 13.3. The number of hydrogen-bond acceptors (Lipinski definition) is 4. The van der Waals surface area contributed by atoms with Gasteiger partial charge in [-0.1, -0.05) is 97.1 Å². The SMILES string of the molecule is Oc1ccc(-c2cccc(C(c3ccccc3)(c3ccc(O)cc3)c3ccc(O)cc3)c2-c2ccc(O)cc2)cc1. The first kappa shape index (κ1) is 25.8. The van der Waals surface area contributed by atoms with E-state index in [4.69, 9.17) is 0 Å². The van der Waals surface area contributed by atoms with Gasteiger partial charge in [0.05, 0.1) is 5.41 Å². The molecule has 4 heteroatoms. The maximum absolute atomic E-state index is 10.3. The molecule has 6 aromatic carbocycles. The molecule has 0 saturated heterocycles. The van der Waals surface area contributed by atoms with Crippen LogP contribution >= 0.6 is 0 Å². The van der Waals surface area contributed by atoms with Crippen LogP contribution in [-0.4, -0.2) is 20.4 Å². The van der Waals surface area contributed by atoms with Gasteiger partial charge in [-0.2, -0.15) is 0 Å². The fourth-order valence-electron chi connectivity index (χ4n) is 5.76. The highest BCUT2D eigenvalue weighted by atomic mass is 16.3. The van der Waals surface area contributed by atoms with Gasteiger partial charge >= 0.3 is 0 Å². The van der Waals surface area contributed by atoms with Gasteiger partial charge in [0.15, 0.2) is 0 Å². The van der Waals surface area contributed by atoms with E-state index in [1.54, 1.807) is 48.5 Å². The highest BCUT2D eigenvalue weighted by Crippen LogP contribution is 2.51. The molecule has 0 spiro atoms. The fraction of sp³-hybridized carbons (Fsp3) is 0.0270. The van der Waals surface area contributed by atoms with Crippen LogP contribution < -0.4 is 0 Å². The lowest BCUT2D eigenvalue weighted by molar-refractivity contribution is 0.474.